The van der Waals surface area contributed by atoms with Crippen LogP contribution in [0.4, 0.5) is 11.4 Å². The lowest BCUT2D eigenvalue weighted by molar-refractivity contribution is -0.384. The molecule has 17 heavy (non-hydrogen) atoms. The van der Waals surface area contributed by atoms with Crippen molar-refractivity contribution in [3.63, 3.8) is 0 Å². The van der Waals surface area contributed by atoms with Crippen LogP contribution in [0.3, 0.4) is 0 Å². The molecule has 0 aliphatic carbocycles. The molecule has 5 nitrogen and oxygen atoms in total. The molecule has 90 valence electrons. The summed E-state index contributed by atoms with van der Waals surface area (Å²) in [5.41, 5.74) is 0.871. The average Bonchev–Trinajstić information content (AvgIpc) is 2.28. The summed E-state index contributed by atoms with van der Waals surface area (Å²) in [6.45, 7) is 6.14. The molecule has 1 N–H and O–H groups in total. The summed E-state index contributed by atoms with van der Waals surface area (Å²) in [5.74, 6) is 0.414. The lowest BCUT2D eigenvalue weighted by Gasteiger charge is -2.19. The summed E-state index contributed by atoms with van der Waals surface area (Å²) < 4.78 is 0. The van der Waals surface area contributed by atoms with Gasteiger partial charge in [0.25, 0.3) is 5.69 Å². The number of anilines is 1. The third-order valence-corrected chi connectivity index (χ3v) is 2.72. The summed E-state index contributed by atoms with van der Waals surface area (Å²) in [7, 11) is 0. The molecule has 0 aliphatic rings. The monoisotopic (exact) mass is 233 g/mol. The number of benzene rings is 1. The molecule has 1 aromatic carbocycles. The van der Waals surface area contributed by atoms with Gasteiger partial charge in [-0.05, 0) is 18.9 Å². The van der Waals surface area contributed by atoms with Crippen LogP contribution in [-0.2, 0) is 0 Å². The topological polar surface area (TPSA) is 79.0 Å². The van der Waals surface area contributed by atoms with Gasteiger partial charge in [0, 0.05) is 18.2 Å². The predicted molar refractivity (Wildman–Crippen MR) is 65.7 cm³/mol. The molecule has 0 amide bonds. The van der Waals surface area contributed by atoms with Crippen molar-refractivity contribution in [2.24, 2.45) is 5.92 Å². The minimum Gasteiger partial charge on any atom is -0.381 e. The number of hydrogen-bond acceptors (Lipinski definition) is 4. The SMILES string of the molecule is CC(C)C(C)Nc1ccc([N+](=O)[O-])cc1C#N. The molecule has 0 saturated carbocycles. The van der Waals surface area contributed by atoms with Gasteiger partial charge in [0.15, 0.2) is 0 Å². The third kappa shape index (κ3) is 3.18. The molecule has 5 heteroatoms. The van der Waals surface area contributed by atoms with Crippen LogP contribution < -0.4 is 5.32 Å². The second-order valence-corrected chi connectivity index (χ2v) is 4.28. The zero-order chi connectivity index (χ0) is 13.0. The lowest BCUT2D eigenvalue weighted by atomic mass is 10.1. The molecule has 1 rings (SSSR count). The highest BCUT2D eigenvalue weighted by Gasteiger charge is 2.13. The van der Waals surface area contributed by atoms with Crippen LogP contribution >= 0.6 is 0 Å². The van der Waals surface area contributed by atoms with Crippen LogP contribution in [0.5, 0.6) is 0 Å². The molecule has 0 aliphatic heterocycles. The van der Waals surface area contributed by atoms with Gasteiger partial charge in [0.05, 0.1) is 16.2 Å². The van der Waals surface area contributed by atoms with Crippen LogP contribution in [0.1, 0.15) is 26.3 Å². The normalized spacial score (nSPS) is 11.9. The van der Waals surface area contributed by atoms with E-state index in [9.17, 15) is 10.1 Å². The number of nitro benzene ring substituents is 1. The molecular weight excluding hydrogens is 218 g/mol. The molecule has 0 fully saturated rings. The average molecular weight is 233 g/mol. The van der Waals surface area contributed by atoms with Crippen LogP contribution in [-0.4, -0.2) is 11.0 Å². The summed E-state index contributed by atoms with van der Waals surface area (Å²) in [6.07, 6.45) is 0. The molecule has 1 atom stereocenters. The van der Waals surface area contributed by atoms with Gasteiger partial charge in [-0.2, -0.15) is 5.26 Å². The van der Waals surface area contributed by atoms with Crippen molar-refractivity contribution in [2.45, 2.75) is 26.8 Å². The van der Waals surface area contributed by atoms with Crippen molar-refractivity contribution in [1.29, 1.82) is 5.26 Å². The van der Waals surface area contributed by atoms with Gasteiger partial charge in [-0.1, -0.05) is 13.8 Å². The highest BCUT2D eigenvalue weighted by molar-refractivity contribution is 5.61. The molecule has 0 aromatic heterocycles. The fraction of sp³-hybridized carbons (Fsp3) is 0.417. The molecule has 0 saturated heterocycles. The van der Waals surface area contributed by atoms with E-state index < -0.39 is 4.92 Å². The molecule has 0 radical (unpaired) electrons. The van der Waals surface area contributed by atoms with E-state index in [2.05, 4.69) is 19.2 Å². The van der Waals surface area contributed by atoms with Crippen molar-refractivity contribution < 1.29 is 4.92 Å². The Kier molecular flexibility index (Phi) is 4.05. The van der Waals surface area contributed by atoms with Gasteiger partial charge in [-0.25, -0.2) is 0 Å². The lowest BCUT2D eigenvalue weighted by Crippen LogP contribution is -2.22. The molecular formula is C12H15N3O2. The first kappa shape index (κ1) is 13.0. The quantitative estimate of drug-likeness (QED) is 0.640. The number of nitrogens with one attached hydrogen (secondary N) is 1. The fourth-order valence-electron chi connectivity index (χ4n) is 1.28. The predicted octanol–water partition coefficient (Wildman–Crippen LogP) is 2.92. The number of nitro groups is 1. The van der Waals surface area contributed by atoms with Crippen LogP contribution in [0.2, 0.25) is 0 Å². The molecule has 1 unspecified atom stereocenters. The smallest absolute Gasteiger partial charge is 0.270 e. The number of hydrogen-bond donors (Lipinski definition) is 1. The van der Waals surface area contributed by atoms with E-state index in [4.69, 9.17) is 5.26 Å². The Bertz CT molecular complexity index is 463. The summed E-state index contributed by atoms with van der Waals surface area (Å²) >= 11 is 0. The number of non-ortho nitro benzene ring substituents is 1. The van der Waals surface area contributed by atoms with Crippen LogP contribution in [0.15, 0.2) is 18.2 Å². The Morgan fingerprint density at radius 3 is 2.53 bits per heavy atom. The Morgan fingerprint density at radius 1 is 1.41 bits per heavy atom. The minimum atomic E-state index is -0.503. The van der Waals surface area contributed by atoms with Gasteiger partial charge in [-0.3, -0.25) is 10.1 Å². The second-order valence-electron chi connectivity index (χ2n) is 4.28. The molecule has 0 bridgehead atoms. The fourth-order valence-corrected chi connectivity index (χ4v) is 1.28. The van der Waals surface area contributed by atoms with E-state index in [1.807, 2.05) is 13.0 Å². The first-order valence-corrected chi connectivity index (χ1v) is 5.40. The van der Waals surface area contributed by atoms with E-state index >= 15 is 0 Å². The van der Waals surface area contributed by atoms with Crippen molar-refractivity contribution >= 4 is 11.4 Å². The first-order valence-electron chi connectivity index (χ1n) is 5.40. The summed E-state index contributed by atoms with van der Waals surface area (Å²) in [5, 5.41) is 22.7. The van der Waals surface area contributed by atoms with Gasteiger partial charge in [0.2, 0.25) is 0 Å². The van der Waals surface area contributed by atoms with Crippen molar-refractivity contribution in [3.8, 4) is 6.07 Å². The van der Waals surface area contributed by atoms with Gasteiger partial charge >= 0.3 is 0 Å². The number of rotatable bonds is 4. The van der Waals surface area contributed by atoms with E-state index in [1.165, 1.54) is 12.1 Å². The Balaban J connectivity index is 3.02. The van der Waals surface area contributed by atoms with Crippen LogP contribution in [0.25, 0.3) is 0 Å². The Morgan fingerprint density at radius 2 is 2.06 bits per heavy atom. The molecule has 0 spiro atoms. The van der Waals surface area contributed by atoms with E-state index in [1.54, 1.807) is 6.07 Å². The highest BCUT2D eigenvalue weighted by atomic mass is 16.6. The third-order valence-electron chi connectivity index (χ3n) is 2.72. The highest BCUT2D eigenvalue weighted by Crippen LogP contribution is 2.23. The Labute approximate surface area is 100 Å². The largest absolute Gasteiger partial charge is 0.381 e. The first-order chi connectivity index (χ1) is 7.95. The van der Waals surface area contributed by atoms with E-state index in [0.717, 1.165) is 0 Å². The Hall–Kier alpha value is -2.09. The second kappa shape index (κ2) is 5.30. The van der Waals surface area contributed by atoms with E-state index in [-0.39, 0.29) is 11.7 Å². The van der Waals surface area contributed by atoms with Crippen molar-refractivity contribution in [2.75, 3.05) is 5.32 Å². The van der Waals surface area contributed by atoms with Crippen LogP contribution in [0, 0.1) is 27.4 Å². The zero-order valence-corrected chi connectivity index (χ0v) is 10.1. The minimum absolute atomic E-state index is 0.0655. The van der Waals surface area contributed by atoms with Gasteiger partial charge in [-0.15, -0.1) is 0 Å². The number of nitrogens with zero attached hydrogens (tertiary/aromatic N) is 2. The van der Waals surface area contributed by atoms with Crippen molar-refractivity contribution in [3.05, 3.63) is 33.9 Å². The molecule has 0 heterocycles. The van der Waals surface area contributed by atoms with Gasteiger partial charge < -0.3 is 5.32 Å². The summed E-state index contributed by atoms with van der Waals surface area (Å²) in [4.78, 5) is 10.1. The number of nitriles is 1. The maximum atomic E-state index is 10.6. The zero-order valence-electron chi connectivity index (χ0n) is 10.1. The van der Waals surface area contributed by atoms with Gasteiger partial charge in [0.1, 0.15) is 6.07 Å². The maximum absolute atomic E-state index is 10.6. The van der Waals surface area contributed by atoms with Crippen molar-refractivity contribution in [1.82, 2.24) is 0 Å². The maximum Gasteiger partial charge on any atom is 0.270 e. The summed E-state index contributed by atoms with van der Waals surface area (Å²) in [6, 6.07) is 6.43. The van der Waals surface area contributed by atoms with E-state index in [0.29, 0.717) is 17.2 Å². The molecule has 1 aromatic rings. The standard InChI is InChI=1S/C12H15N3O2/c1-8(2)9(3)14-12-5-4-11(15(16)17)6-10(12)7-13/h4-6,8-9,14H,1-3H3.